The fraction of sp³-hybridized carbons (Fsp3) is 0.182. The summed E-state index contributed by atoms with van der Waals surface area (Å²) in [5, 5.41) is 8.62. The Morgan fingerprint density at radius 3 is 2.33 bits per heavy atom. The highest BCUT2D eigenvalue weighted by Gasteiger charge is 2.01. The molecule has 0 saturated heterocycles. The minimum atomic E-state index is -0.0585. The maximum absolute atomic E-state index is 8.62. The van der Waals surface area contributed by atoms with Gasteiger partial charge in [-0.05, 0) is 24.6 Å². The van der Waals surface area contributed by atoms with Crippen LogP contribution in [0.15, 0.2) is 24.3 Å². The molecular formula is C11H9N. The van der Waals surface area contributed by atoms with E-state index in [4.69, 9.17) is 11.7 Å². The maximum Gasteiger partial charge on any atom is 0.0700 e. The van der Waals surface area contributed by atoms with Crippen LogP contribution in [0.1, 0.15) is 24.0 Å². The van der Waals surface area contributed by atoms with Crippen molar-refractivity contribution in [1.82, 2.24) is 0 Å². The van der Waals surface area contributed by atoms with E-state index >= 15 is 0 Å². The van der Waals surface area contributed by atoms with Gasteiger partial charge in [0.1, 0.15) is 0 Å². The third kappa shape index (κ3) is 1.65. The largest absolute Gasteiger partial charge is 0.198 e. The summed E-state index contributed by atoms with van der Waals surface area (Å²) in [4.78, 5) is 0. The molecule has 1 heteroatoms. The van der Waals surface area contributed by atoms with Crippen molar-refractivity contribution in [2.75, 3.05) is 0 Å². The molecular weight excluding hydrogens is 146 g/mol. The summed E-state index contributed by atoms with van der Waals surface area (Å²) in [6.07, 6.45) is 5.19. The van der Waals surface area contributed by atoms with Crippen molar-refractivity contribution in [3.05, 3.63) is 35.4 Å². The van der Waals surface area contributed by atoms with Crippen LogP contribution in [-0.4, -0.2) is 0 Å². The molecule has 0 aromatic heterocycles. The number of benzene rings is 1. The molecule has 0 heterocycles. The second-order valence-electron chi connectivity index (χ2n) is 2.62. The summed E-state index contributed by atoms with van der Waals surface area (Å²) in [5.41, 5.74) is 1.86. The predicted octanol–water partition coefficient (Wildman–Crippen LogP) is 2.29. The Bertz CT molecular complexity index is 335. The van der Waals surface area contributed by atoms with Crippen LogP contribution in [0.3, 0.4) is 0 Å². The van der Waals surface area contributed by atoms with Crippen LogP contribution in [0.5, 0.6) is 0 Å². The van der Waals surface area contributed by atoms with Crippen molar-refractivity contribution in [3.63, 3.8) is 0 Å². The minimum absolute atomic E-state index is 0.0585. The molecule has 0 spiro atoms. The first-order chi connectivity index (χ1) is 5.77. The van der Waals surface area contributed by atoms with E-state index in [0.29, 0.717) is 0 Å². The molecule has 1 atom stereocenters. The Labute approximate surface area is 72.6 Å². The van der Waals surface area contributed by atoms with Crippen LogP contribution in [0.25, 0.3) is 0 Å². The van der Waals surface area contributed by atoms with Crippen molar-refractivity contribution in [2.45, 2.75) is 12.8 Å². The quantitative estimate of drug-likeness (QED) is 0.571. The zero-order valence-electron chi connectivity index (χ0n) is 6.91. The molecule has 1 unspecified atom stereocenters. The summed E-state index contributed by atoms with van der Waals surface area (Å²) < 4.78 is 0. The van der Waals surface area contributed by atoms with Gasteiger partial charge in [-0.15, -0.1) is 6.42 Å². The topological polar surface area (TPSA) is 23.8 Å². The zero-order valence-corrected chi connectivity index (χ0v) is 6.91. The molecule has 0 fully saturated rings. The van der Waals surface area contributed by atoms with Crippen molar-refractivity contribution in [3.8, 4) is 18.4 Å². The molecule has 0 aliphatic carbocycles. The van der Waals surface area contributed by atoms with Crippen LogP contribution in [0.2, 0.25) is 0 Å². The average Bonchev–Trinajstić information content (AvgIpc) is 2.17. The summed E-state index contributed by atoms with van der Waals surface area (Å²) in [6, 6.07) is 9.65. The van der Waals surface area contributed by atoms with Crippen LogP contribution < -0.4 is 0 Å². The molecule has 0 radical (unpaired) electrons. The van der Waals surface area contributed by atoms with Gasteiger partial charge in [0.05, 0.1) is 12.0 Å². The van der Waals surface area contributed by atoms with Crippen molar-refractivity contribution in [2.24, 2.45) is 0 Å². The van der Waals surface area contributed by atoms with Crippen molar-refractivity contribution >= 4 is 0 Å². The minimum Gasteiger partial charge on any atom is -0.198 e. The third-order valence-electron chi connectivity index (χ3n) is 1.77. The second kappa shape index (κ2) is 3.60. The van der Waals surface area contributed by atoms with Crippen LogP contribution in [0.4, 0.5) is 0 Å². The van der Waals surface area contributed by atoms with Gasteiger partial charge in [0, 0.05) is 5.56 Å². The molecule has 1 nitrogen and oxygen atoms in total. The molecule has 1 rings (SSSR count). The number of rotatable bonds is 1. The van der Waals surface area contributed by atoms with Crippen LogP contribution in [0, 0.1) is 23.7 Å². The lowest BCUT2D eigenvalue weighted by Gasteiger charge is -2.01. The maximum atomic E-state index is 8.62. The van der Waals surface area contributed by atoms with E-state index in [1.807, 2.05) is 31.2 Å². The van der Waals surface area contributed by atoms with Gasteiger partial charge in [-0.2, -0.15) is 5.26 Å². The summed E-state index contributed by atoms with van der Waals surface area (Å²) in [5.74, 6) is 2.47. The van der Waals surface area contributed by atoms with Gasteiger partial charge in [-0.1, -0.05) is 18.1 Å². The molecule has 1 aromatic carbocycles. The van der Waals surface area contributed by atoms with Crippen molar-refractivity contribution in [1.29, 1.82) is 5.26 Å². The monoisotopic (exact) mass is 155 g/mol. The van der Waals surface area contributed by atoms with Crippen LogP contribution in [-0.2, 0) is 0 Å². The van der Waals surface area contributed by atoms with Gasteiger partial charge in [0.2, 0.25) is 0 Å². The van der Waals surface area contributed by atoms with Gasteiger partial charge in [0.25, 0.3) is 0 Å². The number of hydrogen-bond acceptors (Lipinski definition) is 1. The summed E-state index contributed by atoms with van der Waals surface area (Å²) >= 11 is 0. The summed E-state index contributed by atoms with van der Waals surface area (Å²) in [6.45, 7) is 1.87. The Balaban J connectivity index is 2.96. The highest BCUT2D eigenvalue weighted by Crippen LogP contribution is 2.13. The second-order valence-corrected chi connectivity index (χ2v) is 2.62. The first-order valence-electron chi connectivity index (χ1n) is 3.74. The lowest BCUT2D eigenvalue weighted by atomic mass is 10.0. The molecule has 0 amide bonds. The highest BCUT2D eigenvalue weighted by molar-refractivity contribution is 5.36. The third-order valence-corrected chi connectivity index (χ3v) is 1.77. The number of nitrogens with zero attached hydrogens (tertiary/aromatic N) is 1. The van der Waals surface area contributed by atoms with Gasteiger partial charge in [-0.3, -0.25) is 0 Å². The van der Waals surface area contributed by atoms with Gasteiger partial charge < -0.3 is 0 Å². The first kappa shape index (κ1) is 8.37. The molecule has 0 bridgehead atoms. The number of terminal acetylenes is 1. The van der Waals surface area contributed by atoms with Gasteiger partial charge in [-0.25, -0.2) is 0 Å². The lowest BCUT2D eigenvalue weighted by molar-refractivity contribution is 0.981. The molecule has 0 N–H and O–H groups in total. The van der Waals surface area contributed by atoms with E-state index in [2.05, 4.69) is 12.0 Å². The first-order valence-corrected chi connectivity index (χ1v) is 3.74. The van der Waals surface area contributed by atoms with Crippen LogP contribution >= 0.6 is 0 Å². The van der Waals surface area contributed by atoms with E-state index in [1.165, 1.54) is 0 Å². The fourth-order valence-electron chi connectivity index (χ4n) is 0.943. The van der Waals surface area contributed by atoms with E-state index < -0.39 is 0 Å². The van der Waals surface area contributed by atoms with Gasteiger partial charge >= 0.3 is 0 Å². The lowest BCUT2D eigenvalue weighted by Crippen LogP contribution is -1.88. The van der Waals surface area contributed by atoms with E-state index in [1.54, 1.807) is 0 Å². The molecule has 58 valence electrons. The molecule has 12 heavy (non-hydrogen) atoms. The Kier molecular flexibility index (Phi) is 2.51. The Morgan fingerprint density at radius 1 is 1.33 bits per heavy atom. The van der Waals surface area contributed by atoms with Crippen molar-refractivity contribution < 1.29 is 0 Å². The fourth-order valence-corrected chi connectivity index (χ4v) is 0.943. The Morgan fingerprint density at radius 2 is 1.92 bits per heavy atom. The highest BCUT2D eigenvalue weighted by atomic mass is 14.3. The average molecular weight is 155 g/mol. The molecule has 0 aliphatic rings. The normalized spacial score (nSPS) is 11.2. The van der Waals surface area contributed by atoms with E-state index in [9.17, 15) is 0 Å². The van der Waals surface area contributed by atoms with E-state index in [0.717, 1.165) is 11.1 Å². The zero-order chi connectivity index (χ0) is 8.97. The smallest absolute Gasteiger partial charge is 0.0700 e. The number of nitriles is 1. The Hall–Kier alpha value is -1.73. The number of hydrogen-bond donors (Lipinski definition) is 0. The summed E-state index contributed by atoms with van der Waals surface area (Å²) in [7, 11) is 0. The molecule has 0 saturated carbocycles. The van der Waals surface area contributed by atoms with Gasteiger partial charge in [0.15, 0.2) is 0 Å². The predicted molar refractivity (Wildman–Crippen MR) is 48.4 cm³/mol. The molecule has 0 aliphatic heterocycles. The standard InChI is InChI=1S/C11H9N/c1-3-10-4-6-11(7-5-10)9(2)8-12/h1,4-7,9H,2H3. The van der Waals surface area contributed by atoms with E-state index in [-0.39, 0.29) is 5.92 Å². The SMILES string of the molecule is C#Cc1ccc(C(C)C#N)cc1. The molecule has 1 aromatic rings.